The van der Waals surface area contributed by atoms with Gasteiger partial charge in [-0.15, -0.1) is 0 Å². The molecule has 0 aromatic heterocycles. The van der Waals surface area contributed by atoms with Crippen LogP contribution >= 0.6 is 0 Å². The van der Waals surface area contributed by atoms with Crippen LogP contribution in [0.3, 0.4) is 0 Å². The molecule has 0 saturated carbocycles. The van der Waals surface area contributed by atoms with Crippen LogP contribution in [-0.4, -0.2) is 28.5 Å². The van der Waals surface area contributed by atoms with E-state index < -0.39 is 0 Å². The van der Waals surface area contributed by atoms with Crippen molar-refractivity contribution in [3.63, 3.8) is 0 Å². The molecular formula is C5H11NO3. The average molecular weight is 133 g/mol. The first-order chi connectivity index (χ1) is 4.33. The van der Waals surface area contributed by atoms with Gasteiger partial charge in [-0.05, 0) is 12.8 Å². The van der Waals surface area contributed by atoms with E-state index >= 15 is 0 Å². The van der Waals surface area contributed by atoms with Gasteiger partial charge in [-0.1, -0.05) is 0 Å². The monoisotopic (exact) mass is 133 g/mol. The molecule has 0 atom stereocenters. The second kappa shape index (κ2) is 15.7. The van der Waals surface area contributed by atoms with E-state index in [0.29, 0.717) is 0 Å². The van der Waals surface area contributed by atoms with E-state index in [1.807, 2.05) is 0 Å². The molecule has 4 nitrogen and oxygen atoms in total. The molecule has 3 N–H and O–H groups in total. The SMILES string of the molecule is N#CO.OCCCCO. The molecule has 0 bridgehead atoms. The molecule has 0 spiro atoms. The van der Waals surface area contributed by atoms with Crippen molar-refractivity contribution in [3.8, 4) is 6.26 Å². The number of rotatable bonds is 3. The number of aliphatic hydroxyl groups excluding tert-OH is 3. The maximum Gasteiger partial charge on any atom is 0.283 e. The second-order valence-electron chi connectivity index (χ2n) is 1.25. The average Bonchev–Trinajstić information content (AvgIpc) is 1.86. The van der Waals surface area contributed by atoms with E-state index in [4.69, 9.17) is 20.6 Å². The Kier molecular flexibility index (Phi) is 19.3. The third-order valence-corrected chi connectivity index (χ3v) is 0.566. The molecule has 54 valence electrons. The summed E-state index contributed by atoms with van der Waals surface area (Å²) in [6.07, 6.45) is 2.19. The smallest absolute Gasteiger partial charge is 0.283 e. The fourth-order valence-corrected chi connectivity index (χ4v) is 0.224. The molecular weight excluding hydrogens is 122 g/mol. The second-order valence-corrected chi connectivity index (χ2v) is 1.25. The van der Waals surface area contributed by atoms with Gasteiger partial charge in [0.1, 0.15) is 0 Å². The fraction of sp³-hybridized carbons (Fsp3) is 0.800. The summed E-state index contributed by atoms with van der Waals surface area (Å²) in [5.74, 6) is 0. The summed E-state index contributed by atoms with van der Waals surface area (Å²) in [4.78, 5) is 0. The Labute approximate surface area is 54.0 Å². The van der Waals surface area contributed by atoms with Gasteiger partial charge in [0.05, 0.1) is 0 Å². The van der Waals surface area contributed by atoms with Crippen molar-refractivity contribution >= 4 is 0 Å². The summed E-state index contributed by atoms with van der Waals surface area (Å²) in [5.41, 5.74) is 0. The molecule has 0 amide bonds. The predicted octanol–water partition coefficient (Wildman–Crippen LogP) is -0.409. The molecule has 0 saturated heterocycles. The quantitative estimate of drug-likeness (QED) is 0.361. The molecule has 4 heteroatoms. The zero-order valence-electron chi connectivity index (χ0n) is 5.12. The zero-order valence-corrected chi connectivity index (χ0v) is 5.12. The standard InChI is InChI=1S/C4H10O2.CHNO/c5-3-1-2-4-6;2-1-3/h5-6H,1-4H2;3H. The Morgan fingerprint density at radius 3 is 1.44 bits per heavy atom. The van der Waals surface area contributed by atoms with Crippen LogP contribution in [0.25, 0.3) is 0 Å². The van der Waals surface area contributed by atoms with Gasteiger partial charge in [-0.3, -0.25) is 0 Å². The number of hydrogen-bond donors (Lipinski definition) is 3. The van der Waals surface area contributed by atoms with Crippen LogP contribution in [0.2, 0.25) is 0 Å². The minimum Gasteiger partial charge on any atom is -0.443 e. The molecule has 0 aromatic rings. The first-order valence-corrected chi connectivity index (χ1v) is 2.58. The number of aliphatic hydroxyl groups is 3. The first kappa shape index (κ1) is 11.1. The van der Waals surface area contributed by atoms with Crippen molar-refractivity contribution in [2.45, 2.75) is 12.8 Å². The first-order valence-electron chi connectivity index (χ1n) is 2.58. The largest absolute Gasteiger partial charge is 0.443 e. The van der Waals surface area contributed by atoms with Gasteiger partial charge in [0.15, 0.2) is 0 Å². The minimum atomic E-state index is 0.195. The van der Waals surface area contributed by atoms with Crippen molar-refractivity contribution in [2.75, 3.05) is 13.2 Å². The molecule has 0 aliphatic heterocycles. The number of nitrogens with zero attached hydrogens (tertiary/aromatic N) is 1. The molecule has 0 aliphatic rings. The number of hydrogen-bond acceptors (Lipinski definition) is 4. The van der Waals surface area contributed by atoms with E-state index in [-0.39, 0.29) is 13.2 Å². The lowest BCUT2D eigenvalue weighted by molar-refractivity contribution is 0.242. The lowest BCUT2D eigenvalue weighted by Gasteiger charge is -1.85. The summed E-state index contributed by atoms with van der Waals surface area (Å²) in [7, 11) is 0. The van der Waals surface area contributed by atoms with Gasteiger partial charge >= 0.3 is 0 Å². The van der Waals surface area contributed by atoms with Gasteiger partial charge in [-0.25, -0.2) is 0 Å². The topological polar surface area (TPSA) is 84.5 Å². The van der Waals surface area contributed by atoms with E-state index in [0.717, 1.165) is 19.1 Å². The van der Waals surface area contributed by atoms with E-state index in [1.165, 1.54) is 0 Å². The lowest BCUT2D eigenvalue weighted by Crippen LogP contribution is -1.85. The number of nitriles is 1. The van der Waals surface area contributed by atoms with Crippen LogP contribution in [0.5, 0.6) is 0 Å². The van der Waals surface area contributed by atoms with E-state index in [9.17, 15) is 0 Å². The van der Waals surface area contributed by atoms with Crippen LogP contribution in [0.15, 0.2) is 0 Å². The summed E-state index contributed by atoms with van der Waals surface area (Å²) in [6, 6.07) is 0. The van der Waals surface area contributed by atoms with Crippen molar-refractivity contribution in [1.82, 2.24) is 0 Å². The third-order valence-electron chi connectivity index (χ3n) is 0.566. The summed E-state index contributed by atoms with van der Waals surface area (Å²) in [5, 5.41) is 29.9. The van der Waals surface area contributed by atoms with Crippen LogP contribution in [-0.2, 0) is 0 Å². The van der Waals surface area contributed by atoms with Crippen LogP contribution in [0, 0.1) is 11.5 Å². The Hall–Kier alpha value is -0.790. The van der Waals surface area contributed by atoms with Gasteiger partial charge < -0.3 is 15.3 Å². The molecule has 0 aliphatic carbocycles. The summed E-state index contributed by atoms with van der Waals surface area (Å²) < 4.78 is 0. The summed E-state index contributed by atoms with van der Waals surface area (Å²) in [6.45, 7) is 0.390. The van der Waals surface area contributed by atoms with Gasteiger partial charge in [0.25, 0.3) is 6.26 Å². The van der Waals surface area contributed by atoms with Crippen molar-refractivity contribution in [3.05, 3.63) is 0 Å². The fourth-order valence-electron chi connectivity index (χ4n) is 0.224. The molecule has 0 aromatic carbocycles. The molecule has 0 fully saturated rings. The lowest BCUT2D eigenvalue weighted by atomic mass is 10.3. The Balaban J connectivity index is 0. The normalized spacial score (nSPS) is 6.78. The molecule has 9 heavy (non-hydrogen) atoms. The predicted molar refractivity (Wildman–Crippen MR) is 31.0 cm³/mol. The molecule has 0 heterocycles. The molecule has 0 radical (unpaired) electrons. The van der Waals surface area contributed by atoms with Crippen molar-refractivity contribution in [2.24, 2.45) is 0 Å². The van der Waals surface area contributed by atoms with Gasteiger partial charge in [0.2, 0.25) is 0 Å². The van der Waals surface area contributed by atoms with Crippen LogP contribution in [0.4, 0.5) is 0 Å². The van der Waals surface area contributed by atoms with Crippen LogP contribution < -0.4 is 0 Å². The van der Waals surface area contributed by atoms with E-state index in [2.05, 4.69) is 0 Å². The Morgan fingerprint density at radius 2 is 1.33 bits per heavy atom. The van der Waals surface area contributed by atoms with Crippen molar-refractivity contribution < 1.29 is 15.3 Å². The van der Waals surface area contributed by atoms with Gasteiger partial charge in [-0.2, -0.15) is 5.26 Å². The third kappa shape index (κ3) is 40.1. The highest BCUT2D eigenvalue weighted by Crippen LogP contribution is 1.80. The summed E-state index contributed by atoms with van der Waals surface area (Å²) >= 11 is 0. The molecule has 0 unspecified atom stereocenters. The maximum atomic E-state index is 8.09. The van der Waals surface area contributed by atoms with Gasteiger partial charge in [0, 0.05) is 13.2 Å². The Bertz CT molecular complexity index is 65.1. The van der Waals surface area contributed by atoms with E-state index in [1.54, 1.807) is 0 Å². The highest BCUT2D eigenvalue weighted by molar-refractivity contribution is 4.31. The highest BCUT2D eigenvalue weighted by atomic mass is 16.3. The van der Waals surface area contributed by atoms with Crippen LogP contribution in [0.1, 0.15) is 12.8 Å². The maximum absolute atomic E-state index is 8.09. The number of unbranched alkanes of at least 4 members (excludes halogenated alkanes) is 1. The highest BCUT2D eigenvalue weighted by Gasteiger charge is 1.77. The zero-order chi connectivity index (χ0) is 7.54. The van der Waals surface area contributed by atoms with Crippen molar-refractivity contribution in [1.29, 1.82) is 5.26 Å². The molecule has 0 rings (SSSR count). The Morgan fingerprint density at radius 1 is 1.11 bits per heavy atom. The minimum absolute atomic E-state index is 0.195.